The van der Waals surface area contributed by atoms with Crippen LogP contribution in [0.15, 0.2) is 24.3 Å². The van der Waals surface area contributed by atoms with Gasteiger partial charge in [-0.25, -0.2) is 0 Å². The van der Waals surface area contributed by atoms with Crippen molar-refractivity contribution in [1.29, 1.82) is 0 Å². The Kier molecular flexibility index (Phi) is 19.3. The quantitative estimate of drug-likeness (QED) is 0.317. The normalized spacial score (nSPS) is 6.64. The van der Waals surface area contributed by atoms with Crippen LogP contribution in [-0.4, -0.2) is 0 Å². The molecular formula is C8H9Ho3-. The van der Waals surface area contributed by atoms with Crippen LogP contribution >= 0.6 is 0 Å². The number of hydrogen-bond donors (Lipinski definition) is 0. The van der Waals surface area contributed by atoms with E-state index in [9.17, 15) is 0 Å². The molecule has 0 unspecified atom stereocenters. The molecule has 11 heavy (non-hydrogen) atoms. The molecule has 0 heterocycles. The topological polar surface area (TPSA) is 0 Å². The summed E-state index contributed by atoms with van der Waals surface area (Å²) in [5.41, 5.74) is 2.37. The predicted molar refractivity (Wildman–Crippen MR) is 35.6 cm³/mol. The van der Waals surface area contributed by atoms with Gasteiger partial charge in [0.1, 0.15) is 0 Å². The third-order valence-electron chi connectivity index (χ3n) is 1.12. The van der Waals surface area contributed by atoms with E-state index >= 15 is 0 Å². The largest absolute Gasteiger partial charge is 0.199 e. The average Bonchev–Trinajstić information content (AvgIpc) is 1.77. The molecule has 0 aliphatic rings. The maximum absolute atomic E-state index is 3.76. The first-order valence-electron chi connectivity index (χ1n) is 2.67. The van der Waals surface area contributed by atoms with Crippen molar-refractivity contribution in [3.8, 4) is 0 Å². The summed E-state index contributed by atoms with van der Waals surface area (Å²) in [6, 6.07) is 8.13. The zero-order chi connectivity index (χ0) is 5.98. The summed E-state index contributed by atoms with van der Waals surface area (Å²) in [6.07, 6.45) is 0. The summed E-state index contributed by atoms with van der Waals surface area (Å²) in [6.45, 7) is 5.83. The first kappa shape index (κ1) is 19.4. The Hall–Kier alpha value is 2.87. The van der Waals surface area contributed by atoms with Crippen LogP contribution in [0.25, 0.3) is 0 Å². The van der Waals surface area contributed by atoms with Crippen LogP contribution in [0, 0.1) is 127 Å². The number of aryl methyl sites for hydroxylation is 1. The Balaban J connectivity index is -0.000000213. The summed E-state index contributed by atoms with van der Waals surface area (Å²) in [7, 11) is 0. The van der Waals surface area contributed by atoms with Crippen molar-refractivity contribution in [3.63, 3.8) is 0 Å². The fraction of sp³-hybridized carbons (Fsp3) is 0.125. The molecule has 0 aliphatic carbocycles. The predicted octanol–water partition coefficient (Wildman–Crippen LogP) is 2.18. The molecule has 0 aromatic heterocycles. The Bertz CT molecular complexity index is 148. The van der Waals surface area contributed by atoms with Crippen molar-refractivity contribution in [2.24, 2.45) is 0 Å². The fourth-order valence-electron chi connectivity index (χ4n) is 0.588. The number of rotatable bonds is 0. The van der Waals surface area contributed by atoms with E-state index in [1.807, 2.05) is 12.1 Å². The summed E-state index contributed by atoms with van der Waals surface area (Å²) in [5, 5.41) is 0. The Morgan fingerprint density at radius 3 is 1.55 bits per heavy atom. The van der Waals surface area contributed by atoms with Gasteiger partial charge < -0.3 is 0 Å². The maximum atomic E-state index is 3.76. The van der Waals surface area contributed by atoms with Crippen molar-refractivity contribution >= 4 is 0 Å². The van der Waals surface area contributed by atoms with Gasteiger partial charge in [-0.15, -0.1) is 12.1 Å². The Morgan fingerprint density at radius 1 is 0.909 bits per heavy atom. The molecule has 1 aromatic rings. The molecular weight excluding hydrogens is 591 g/mol. The zero-order valence-corrected chi connectivity index (χ0v) is 11.7. The van der Waals surface area contributed by atoms with E-state index in [2.05, 4.69) is 26.0 Å². The molecule has 1 aromatic carbocycles. The van der Waals surface area contributed by atoms with Crippen molar-refractivity contribution in [1.82, 2.24) is 0 Å². The van der Waals surface area contributed by atoms with Gasteiger partial charge in [-0.05, 0) is 6.92 Å². The molecule has 1 rings (SSSR count). The molecule has 0 saturated heterocycles. The third kappa shape index (κ3) is 9.18. The molecule has 0 amide bonds. The van der Waals surface area contributed by atoms with Gasteiger partial charge in [-0.1, -0.05) is 5.56 Å². The Morgan fingerprint density at radius 2 is 1.27 bits per heavy atom. The summed E-state index contributed by atoms with van der Waals surface area (Å²) in [5.74, 6) is 0. The van der Waals surface area contributed by atoms with Crippen LogP contribution < -0.4 is 0 Å². The molecule has 0 spiro atoms. The molecule has 0 bridgehead atoms. The van der Waals surface area contributed by atoms with Crippen LogP contribution in [0.4, 0.5) is 0 Å². The van der Waals surface area contributed by atoms with E-state index in [0.717, 1.165) is 5.56 Å². The van der Waals surface area contributed by atoms with Gasteiger partial charge in [0, 0.05) is 113 Å². The van der Waals surface area contributed by atoms with Crippen molar-refractivity contribution in [3.05, 3.63) is 42.3 Å². The molecule has 0 atom stereocenters. The standard InChI is InChI=1S/C8H9.3Ho/c1-7-3-5-8(2)6-4-7;;;/h3-6H,1H2,2H3;;;/q-1;;;. The smallest absolute Gasteiger partial charge is 0 e. The zero-order valence-electron chi connectivity index (χ0n) is 5.92. The number of benzene rings is 1. The molecule has 0 nitrogen and oxygen atoms in total. The van der Waals surface area contributed by atoms with E-state index < -0.39 is 0 Å². The van der Waals surface area contributed by atoms with Crippen molar-refractivity contribution in [2.75, 3.05) is 0 Å². The van der Waals surface area contributed by atoms with Gasteiger partial charge in [0.2, 0.25) is 0 Å². The van der Waals surface area contributed by atoms with Crippen LogP contribution in [0.1, 0.15) is 11.1 Å². The SMILES string of the molecule is [CH2-]c1ccc(C)cc1.[Ho].[Ho].[Ho]. The molecule has 3 radical (unpaired) electrons. The van der Waals surface area contributed by atoms with Crippen molar-refractivity contribution < 1.29 is 113 Å². The minimum Gasteiger partial charge on any atom is -0.199 e. The molecule has 3 heteroatoms. The second kappa shape index (κ2) is 10.9. The maximum Gasteiger partial charge on any atom is 0 e. The van der Waals surface area contributed by atoms with Crippen molar-refractivity contribution in [2.45, 2.75) is 6.92 Å². The summed E-state index contributed by atoms with van der Waals surface area (Å²) < 4.78 is 0. The first-order chi connectivity index (χ1) is 3.79. The number of hydrogen-bond acceptors (Lipinski definition) is 0. The van der Waals surface area contributed by atoms with Crippen LogP contribution in [0.2, 0.25) is 0 Å². The van der Waals surface area contributed by atoms with Gasteiger partial charge in [-0.3, -0.25) is 0 Å². The third-order valence-corrected chi connectivity index (χ3v) is 1.12. The van der Waals surface area contributed by atoms with E-state index in [0.29, 0.717) is 0 Å². The molecule has 0 N–H and O–H groups in total. The van der Waals surface area contributed by atoms with Gasteiger partial charge in [0.25, 0.3) is 0 Å². The van der Waals surface area contributed by atoms with E-state index in [1.54, 1.807) is 0 Å². The molecule has 0 fully saturated rings. The summed E-state index contributed by atoms with van der Waals surface area (Å²) >= 11 is 0. The second-order valence-corrected chi connectivity index (χ2v) is 1.99. The minimum absolute atomic E-state index is 0. The monoisotopic (exact) mass is 600 g/mol. The van der Waals surface area contributed by atoms with E-state index in [-0.39, 0.29) is 113 Å². The van der Waals surface area contributed by atoms with E-state index in [4.69, 9.17) is 0 Å². The second-order valence-electron chi connectivity index (χ2n) is 1.99. The first-order valence-corrected chi connectivity index (χ1v) is 2.67. The van der Waals surface area contributed by atoms with E-state index in [1.165, 1.54) is 5.56 Å². The summed E-state index contributed by atoms with van der Waals surface area (Å²) in [4.78, 5) is 0. The minimum atomic E-state index is 0. The van der Waals surface area contributed by atoms with Gasteiger partial charge in [-0.2, -0.15) is 24.6 Å². The molecule has 0 aliphatic heterocycles. The van der Waals surface area contributed by atoms with Gasteiger partial charge in [0.15, 0.2) is 0 Å². The molecule has 0 saturated carbocycles. The van der Waals surface area contributed by atoms with Gasteiger partial charge >= 0.3 is 0 Å². The van der Waals surface area contributed by atoms with Crippen LogP contribution in [0.5, 0.6) is 0 Å². The van der Waals surface area contributed by atoms with Crippen LogP contribution in [0.3, 0.4) is 0 Å². The fourth-order valence-corrected chi connectivity index (χ4v) is 0.588. The average molecular weight is 600 g/mol. The van der Waals surface area contributed by atoms with Crippen LogP contribution in [-0.2, 0) is 0 Å². The Labute approximate surface area is 159 Å². The van der Waals surface area contributed by atoms with Gasteiger partial charge in [0.05, 0.1) is 0 Å². The molecule has 75 valence electrons.